The summed E-state index contributed by atoms with van der Waals surface area (Å²) in [5.41, 5.74) is 0.987. The van der Waals surface area contributed by atoms with Crippen LogP contribution in [0.3, 0.4) is 0 Å². The first kappa shape index (κ1) is 18.1. The monoisotopic (exact) mass is 337 g/mol. The molecule has 0 aromatic heterocycles. The Morgan fingerprint density at radius 2 is 2.13 bits per heavy atom. The van der Waals surface area contributed by atoms with Crippen LogP contribution in [0, 0.1) is 5.41 Å². The second-order valence-corrected chi connectivity index (χ2v) is 7.72. The number of rotatable bonds is 8. The molecule has 1 aromatic carbocycles. The van der Waals surface area contributed by atoms with Crippen LogP contribution in [0.15, 0.2) is 24.3 Å². The molecule has 1 heterocycles. The number of aliphatic hydroxyl groups is 1. The van der Waals surface area contributed by atoms with E-state index in [4.69, 9.17) is 4.74 Å². The molecule has 1 fully saturated rings. The Bertz CT molecular complexity index is 533. The van der Waals surface area contributed by atoms with Crippen molar-refractivity contribution in [3.8, 4) is 5.75 Å². The quantitative estimate of drug-likeness (QED) is 0.789. The van der Waals surface area contributed by atoms with Crippen molar-refractivity contribution in [3.05, 3.63) is 29.8 Å². The van der Waals surface area contributed by atoms with E-state index < -0.39 is 0 Å². The van der Waals surface area contributed by atoms with Crippen molar-refractivity contribution >= 4 is 17.7 Å². The highest BCUT2D eigenvalue weighted by atomic mass is 32.2. The number of aliphatic hydroxyl groups excluding tert-OH is 1. The number of benzene rings is 1. The van der Waals surface area contributed by atoms with Crippen LogP contribution in [-0.4, -0.2) is 41.4 Å². The highest BCUT2D eigenvalue weighted by molar-refractivity contribution is 8.00. The summed E-state index contributed by atoms with van der Waals surface area (Å²) in [7, 11) is 0. The Kier molecular flexibility index (Phi) is 6.36. The lowest BCUT2D eigenvalue weighted by Crippen LogP contribution is -2.30. The van der Waals surface area contributed by atoms with Gasteiger partial charge in [-0.25, -0.2) is 0 Å². The van der Waals surface area contributed by atoms with Gasteiger partial charge < -0.3 is 14.7 Å². The van der Waals surface area contributed by atoms with E-state index in [0.29, 0.717) is 12.4 Å². The molecule has 1 amide bonds. The molecule has 2 rings (SSSR count). The molecule has 23 heavy (non-hydrogen) atoms. The first-order chi connectivity index (χ1) is 11.0. The molecule has 1 N–H and O–H groups in total. The van der Waals surface area contributed by atoms with Crippen LogP contribution in [0.4, 0.5) is 0 Å². The molecule has 1 unspecified atom stereocenters. The highest BCUT2D eigenvalue weighted by Gasteiger charge is 2.34. The SMILES string of the molecule is CCOc1ccccc1C1SCC(=O)N1CCCC(C)(C)CO. The van der Waals surface area contributed by atoms with E-state index in [1.165, 1.54) is 0 Å². The van der Waals surface area contributed by atoms with Crippen molar-refractivity contribution in [2.45, 2.75) is 39.0 Å². The van der Waals surface area contributed by atoms with Crippen molar-refractivity contribution in [1.82, 2.24) is 4.90 Å². The van der Waals surface area contributed by atoms with E-state index >= 15 is 0 Å². The summed E-state index contributed by atoms with van der Waals surface area (Å²) in [4.78, 5) is 14.2. The predicted octanol–water partition coefficient (Wildman–Crippen LogP) is 3.46. The van der Waals surface area contributed by atoms with Crippen molar-refractivity contribution in [1.29, 1.82) is 0 Å². The maximum absolute atomic E-state index is 12.3. The van der Waals surface area contributed by atoms with Gasteiger partial charge in [-0.15, -0.1) is 11.8 Å². The molecule has 0 spiro atoms. The normalized spacial score (nSPS) is 18.5. The molecule has 1 atom stereocenters. The fourth-order valence-electron chi connectivity index (χ4n) is 2.73. The second-order valence-electron chi connectivity index (χ2n) is 6.65. The summed E-state index contributed by atoms with van der Waals surface area (Å²) in [5, 5.41) is 9.39. The van der Waals surface area contributed by atoms with Gasteiger partial charge in [0.05, 0.1) is 12.4 Å². The topological polar surface area (TPSA) is 49.8 Å². The van der Waals surface area contributed by atoms with Gasteiger partial charge in [-0.1, -0.05) is 32.0 Å². The predicted molar refractivity (Wildman–Crippen MR) is 94.6 cm³/mol. The summed E-state index contributed by atoms with van der Waals surface area (Å²) in [6.07, 6.45) is 1.80. The molecule has 1 aliphatic rings. The first-order valence-electron chi connectivity index (χ1n) is 8.22. The van der Waals surface area contributed by atoms with Crippen LogP contribution in [0.25, 0.3) is 0 Å². The molecular weight excluding hydrogens is 310 g/mol. The number of thioether (sulfide) groups is 1. The molecule has 5 heteroatoms. The molecule has 128 valence electrons. The standard InChI is InChI=1S/C18H27NO3S/c1-4-22-15-9-6-5-8-14(15)17-19(16(21)12-23-17)11-7-10-18(2,3)13-20/h5-6,8-9,17,20H,4,7,10-13H2,1-3H3. The molecule has 4 nitrogen and oxygen atoms in total. The maximum Gasteiger partial charge on any atom is 0.233 e. The minimum atomic E-state index is -0.0887. The number of nitrogens with zero attached hydrogens (tertiary/aromatic N) is 1. The van der Waals surface area contributed by atoms with Crippen LogP contribution in [0.2, 0.25) is 0 Å². The Morgan fingerprint density at radius 1 is 1.39 bits per heavy atom. The van der Waals surface area contributed by atoms with Crippen LogP contribution >= 0.6 is 11.8 Å². The molecule has 1 aliphatic heterocycles. The minimum Gasteiger partial charge on any atom is -0.493 e. The summed E-state index contributed by atoms with van der Waals surface area (Å²) < 4.78 is 5.72. The number of hydrogen-bond acceptors (Lipinski definition) is 4. The van der Waals surface area contributed by atoms with Crippen molar-refractivity contribution in [2.24, 2.45) is 5.41 Å². The van der Waals surface area contributed by atoms with E-state index in [0.717, 1.165) is 30.7 Å². The van der Waals surface area contributed by atoms with Gasteiger partial charge in [-0.2, -0.15) is 0 Å². The largest absolute Gasteiger partial charge is 0.493 e. The smallest absolute Gasteiger partial charge is 0.233 e. The van der Waals surface area contributed by atoms with Crippen molar-refractivity contribution < 1.29 is 14.6 Å². The number of ether oxygens (including phenoxy) is 1. The van der Waals surface area contributed by atoms with Crippen LogP contribution in [0.5, 0.6) is 5.75 Å². The van der Waals surface area contributed by atoms with Gasteiger partial charge in [0.15, 0.2) is 0 Å². The average Bonchev–Trinajstić information content (AvgIpc) is 2.89. The fraction of sp³-hybridized carbons (Fsp3) is 0.611. The highest BCUT2D eigenvalue weighted by Crippen LogP contribution is 2.42. The minimum absolute atomic E-state index is 0.0301. The summed E-state index contributed by atoms with van der Waals surface area (Å²) in [6, 6.07) is 7.97. The summed E-state index contributed by atoms with van der Waals surface area (Å²) in [6.45, 7) is 7.59. The molecule has 1 aromatic rings. The lowest BCUT2D eigenvalue weighted by Gasteiger charge is -2.28. The molecular formula is C18H27NO3S. The number of para-hydroxylation sites is 1. The zero-order valence-corrected chi connectivity index (χ0v) is 15.1. The zero-order chi connectivity index (χ0) is 16.9. The Labute approximate surface area is 143 Å². The van der Waals surface area contributed by atoms with E-state index in [1.807, 2.05) is 36.1 Å². The summed E-state index contributed by atoms with van der Waals surface area (Å²) in [5.74, 6) is 1.57. The van der Waals surface area contributed by atoms with E-state index in [2.05, 4.69) is 13.8 Å². The lowest BCUT2D eigenvalue weighted by atomic mass is 9.89. The second kappa shape index (κ2) is 8.06. The zero-order valence-electron chi connectivity index (χ0n) is 14.2. The van der Waals surface area contributed by atoms with E-state index in [1.54, 1.807) is 11.8 Å². The number of hydrogen-bond donors (Lipinski definition) is 1. The van der Waals surface area contributed by atoms with Crippen molar-refractivity contribution in [3.63, 3.8) is 0 Å². The molecule has 0 aliphatic carbocycles. The first-order valence-corrected chi connectivity index (χ1v) is 9.27. The molecule has 1 saturated heterocycles. The van der Waals surface area contributed by atoms with Gasteiger partial charge in [-0.05, 0) is 31.2 Å². The van der Waals surface area contributed by atoms with Crippen LogP contribution < -0.4 is 4.74 Å². The average molecular weight is 337 g/mol. The van der Waals surface area contributed by atoms with Gasteiger partial charge in [0, 0.05) is 18.7 Å². The Hall–Kier alpha value is -1.20. The summed E-state index contributed by atoms with van der Waals surface area (Å²) >= 11 is 1.66. The van der Waals surface area contributed by atoms with Crippen molar-refractivity contribution in [2.75, 3.05) is 25.5 Å². The fourth-order valence-corrected chi connectivity index (χ4v) is 3.98. The Balaban J connectivity index is 2.08. The van der Waals surface area contributed by atoms with Gasteiger partial charge >= 0.3 is 0 Å². The van der Waals surface area contributed by atoms with Crippen LogP contribution in [0.1, 0.15) is 44.6 Å². The third kappa shape index (κ3) is 4.64. The van der Waals surface area contributed by atoms with Gasteiger partial charge in [0.2, 0.25) is 5.91 Å². The molecule has 0 radical (unpaired) electrons. The lowest BCUT2D eigenvalue weighted by molar-refractivity contribution is -0.128. The molecule has 0 bridgehead atoms. The third-order valence-electron chi connectivity index (χ3n) is 4.13. The van der Waals surface area contributed by atoms with E-state index in [9.17, 15) is 9.90 Å². The van der Waals surface area contributed by atoms with Gasteiger partial charge in [0.1, 0.15) is 11.1 Å². The van der Waals surface area contributed by atoms with Gasteiger partial charge in [0.25, 0.3) is 0 Å². The number of carbonyl (C=O) groups excluding carboxylic acids is 1. The van der Waals surface area contributed by atoms with E-state index in [-0.39, 0.29) is 23.3 Å². The Morgan fingerprint density at radius 3 is 2.83 bits per heavy atom. The third-order valence-corrected chi connectivity index (χ3v) is 5.37. The number of amides is 1. The number of carbonyl (C=O) groups is 1. The maximum atomic E-state index is 12.3. The molecule has 0 saturated carbocycles. The van der Waals surface area contributed by atoms with Crippen LogP contribution in [-0.2, 0) is 4.79 Å². The van der Waals surface area contributed by atoms with Gasteiger partial charge in [-0.3, -0.25) is 4.79 Å².